The highest BCUT2D eigenvalue weighted by molar-refractivity contribution is 6.06. The van der Waals surface area contributed by atoms with Crippen LogP contribution in [0.25, 0.3) is 0 Å². The fourth-order valence-electron chi connectivity index (χ4n) is 4.40. The average Bonchev–Trinajstić information content (AvgIpc) is 2.93. The second kappa shape index (κ2) is 9.39. The molecule has 1 aromatic heterocycles. The van der Waals surface area contributed by atoms with Crippen LogP contribution in [0.2, 0.25) is 0 Å². The molecule has 1 aromatic rings. The van der Waals surface area contributed by atoms with E-state index in [0.29, 0.717) is 23.4 Å². The number of amides is 1. The topological polar surface area (TPSA) is 68.6 Å². The van der Waals surface area contributed by atoms with Crippen LogP contribution in [0.3, 0.4) is 0 Å². The number of esters is 1. The molecule has 1 atom stereocenters. The number of Topliss-reactive ketones (excluding diaryl/α,β-unsaturated/α-hetero) is 1. The molecule has 0 bridgehead atoms. The lowest BCUT2D eigenvalue weighted by molar-refractivity contribution is -0.137. The van der Waals surface area contributed by atoms with E-state index in [1.807, 2.05) is 20.8 Å². The Labute approximate surface area is 168 Å². The Kier molecular flexibility index (Phi) is 7.44. The molecule has 0 N–H and O–H groups in total. The number of nitrogens with zero attached hydrogens (tertiary/aromatic N) is 2. The van der Waals surface area contributed by atoms with Gasteiger partial charge in [0.05, 0.1) is 13.2 Å². The monoisotopic (exact) mass is 390 g/mol. The maximum absolute atomic E-state index is 13.4. The van der Waals surface area contributed by atoms with E-state index >= 15 is 0 Å². The number of hydrogen-bond acceptors (Lipinski definition) is 4. The smallest absolute Gasteiger partial charge is 0.354 e. The van der Waals surface area contributed by atoms with E-state index in [4.69, 9.17) is 4.74 Å². The van der Waals surface area contributed by atoms with Crippen LogP contribution in [0.1, 0.15) is 84.5 Å². The quantitative estimate of drug-likeness (QED) is 0.524. The molecule has 1 saturated carbocycles. The third kappa shape index (κ3) is 4.15. The van der Waals surface area contributed by atoms with Gasteiger partial charge in [-0.2, -0.15) is 0 Å². The van der Waals surface area contributed by atoms with Crippen LogP contribution < -0.4 is 0 Å². The van der Waals surface area contributed by atoms with Crippen LogP contribution in [-0.2, 0) is 16.6 Å². The molecule has 1 amide bonds. The van der Waals surface area contributed by atoms with Crippen molar-refractivity contribution in [3.8, 4) is 0 Å². The Hall–Kier alpha value is -2.11. The van der Waals surface area contributed by atoms with Crippen LogP contribution >= 0.6 is 0 Å². The highest BCUT2D eigenvalue weighted by Gasteiger charge is 2.34. The summed E-state index contributed by atoms with van der Waals surface area (Å²) in [5.74, 6) is -0.446. The van der Waals surface area contributed by atoms with E-state index in [-0.39, 0.29) is 17.6 Å². The molecule has 2 rings (SSSR count). The Bertz CT molecular complexity index is 744. The van der Waals surface area contributed by atoms with Gasteiger partial charge in [-0.3, -0.25) is 9.59 Å². The summed E-state index contributed by atoms with van der Waals surface area (Å²) in [7, 11) is 3.09. The summed E-state index contributed by atoms with van der Waals surface area (Å²) in [4.78, 5) is 40.5. The average molecular weight is 391 g/mol. The first-order valence-corrected chi connectivity index (χ1v) is 10.3. The van der Waals surface area contributed by atoms with E-state index in [1.165, 1.54) is 13.5 Å². The maximum Gasteiger partial charge on any atom is 0.354 e. The molecule has 28 heavy (non-hydrogen) atoms. The van der Waals surface area contributed by atoms with Gasteiger partial charge in [-0.05, 0) is 45.6 Å². The van der Waals surface area contributed by atoms with Gasteiger partial charge in [0.2, 0.25) is 5.91 Å². The Morgan fingerprint density at radius 1 is 1.18 bits per heavy atom. The van der Waals surface area contributed by atoms with Gasteiger partial charge in [-0.15, -0.1) is 0 Å². The van der Waals surface area contributed by atoms with Crippen molar-refractivity contribution in [3.63, 3.8) is 0 Å². The number of ether oxygens (including phenoxy) is 1. The van der Waals surface area contributed by atoms with Gasteiger partial charge >= 0.3 is 5.97 Å². The second-order valence-corrected chi connectivity index (χ2v) is 7.89. The zero-order chi connectivity index (χ0) is 21.0. The van der Waals surface area contributed by atoms with Crippen LogP contribution in [0.4, 0.5) is 0 Å². The van der Waals surface area contributed by atoms with Gasteiger partial charge in [0, 0.05) is 30.8 Å². The summed E-state index contributed by atoms with van der Waals surface area (Å²) in [5.41, 5.74) is 2.24. The summed E-state index contributed by atoms with van der Waals surface area (Å²) in [6.45, 7) is 7.99. The minimum Gasteiger partial charge on any atom is -0.464 e. The Balaban J connectivity index is 2.35. The van der Waals surface area contributed by atoms with E-state index in [2.05, 4.69) is 0 Å². The number of rotatable bonds is 7. The summed E-state index contributed by atoms with van der Waals surface area (Å²) in [6.07, 6.45) is 5.98. The molecule has 0 aliphatic heterocycles. The third-order valence-electron chi connectivity index (χ3n) is 6.10. The van der Waals surface area contributed by atoms with Crippen molar-refractivity contribution < 1.29 is 19.1 Å². The molecule has 1 unspecified atom stereocenters. The molecule has 0 radical (unpaired) electrons. The summed E-state index contributed by atoms with van der Waals surface area (Å²) < 4.78 is 6.58. The number of ketones is 1. The highest BCUT2D eigenvalue weighted by atomic mass is 16.5. The largest absolute Gasteiger partial charge is 0.464 e. The number of carbonyl (C=O) groups excluding carboxylic acids is 3. The predicted molar refractivity (Wildman–Crippen MR) is 109 cm³/mol. The fraction of sp³-hybridized carbons (Fsp3) is 0.682. The number of hydrogen-bond donors (Lipinski definition) is 0. The minimum absolute atomic E-state index is 0.0270. The standard InChI is InChI=1S/C22H34N2O4/c1-7-13-24(21(26)17-11-9-8-10-12-17)16(4)20(25)18-14(2)19(22(27)28-6)23(5)15(18)3/h16-17H,7-13H2,1-6H3. The Morgan fingerprint density at radius 3 is 2.32 bits per heavy atom. The lowest BCUT2D eigenvalue weighted by Gasteiger charge is -2.33. The van der Waals surface area contributed by atoms with Crippen LogP contribution in [0.5, 0.6) is 0 Å². The molecular formula is C22H34N2O4. The lowest BCUT2D eigenvalue weighted by atomic mass is 9.87. The first-order valence-electron chi connectivity index (χ1n) is 10.3. The molecule has 1 fully saturated rings. The van der Waals surface area contributed by atoms with Crippen molar-refractivity contribution in [1.29, 1.82) is 0 Å². The molecule has 1 aliphatic rings. The lowest BCUT2D eigenvalue weighted by Crippen LogP contribution is -2.47. The number of carbonyl (C=O) groups is 3. The van der Waals surface area contributed by atoms with Crippen molar-refractivity contribution >= 4 is 17.7 Å². The second-order valence-electron chi connectivity index (χ2n) is 7.89. The van der Waals surface area contributed by atoms with E-state index in [9.17, 15) is 14.4 Å². The van der Waals surface area contributed by atoms with Crippen molar-refractivity contribution in [1.82, 2.24) is 9.47 Å². The van der Waals surface area contributed by atoms with Crippen molar-refractivity contribution in [3.05, 3.63) is 22.5 Å². The molecule has 156 valence electrons. The highest BCUT2D eigenvalue weighted by Crippen LogP contribution is 2.28. The molecule has 1 heterocycles. The predicted octanol–water partition coefficient (Wildman–Crippen LogP) is 3.82. The van der Waals surface area contributed by atoms with Crippen molar-refractivity contribution in [2.45, 2.75) is 72.3 Å². The van der Waals surface area contributed by atoms with Crippen LogP contribution in [-0.4, -0.2) is 46.8 Å². The van der Waals surface area contributed by atoms with E-state index in [0.717, 1.165) is 37.8 Å². The van der Waals surface area contributed by atoms with Crippen molar-refractivity contribution in [2.75, 3.05) is 13.7 Å². The Morgan fingerprint density at radius 2 is 1.79 bits per heavy atom. The minimum atomic E-state index is -0.556. The summed E-state index contributed by atoms with van der Waals surface area (Å²) in [5, 5.41) is 0. The zero-order valence-electron chi connectivity index (χ0n) is 18.1. The van der Waals surface area contributed by atoms with Gasteiger partial charge < -0.3 is 14.2 Å². The molecule has 6 heteroatoms. The number of aromatic nitrogens is 1. The molecule has 1 aliphatic carbocycles. The molecule has 0 aromatic carbocycles. The first-order chi connectivity index (χ1) is 13.3. The van der Waals surface area contributed by atoms with E-state index < -0.39 is 12.0 Å². The zero-order valence-corrected chi connectivity index (χ0v) is 18.1. The van der Waals surface area contributed by atoms with Crippen LogP contribution in [0.15, 0.2) is 0 Å². The summed E-state index contributed by atoms with van der Waals surface area (Å²) >= 11 is 0. The third-order valence-corrected chi connectivity index (χ3v) is 6.10. The van der Waals surface area contributed by atoms with Gasteiger partial charge in [-0.1, -0.05) is 26.2 Å². The van der Waals surface area contributed by atoms with Crippen LogP contribution in [0, 0.1) is 19.8 Å². The summed E-state index contributed by atoms with van der Waals surface area (Å²) in [6, 6.07) is -0.556. The fourth-order valence-corrected chi connectivity index (χ4v) is 4.40. The molecular weight excluding hydrogens is 356 g/mol. The first kappa shape index (κ1) is 22.2. The molecule has 6 nitrogen and oxygen atoms in total. The van der Waals surface area contributed by atoms with E-state index in [1.54, 1.807) is 23.4 Å². The maximum atomic E-state index is 13.4. The van der Waals surface area contributed by atoms with Gasteiger partial charge in [0.25, 0.3) is 0 Å². The normalized spacial score (nSPS) is 15.9. The van der Waals surface area contributed by atoms with Crippen molar-refractivity contribution in [2.24, 2.45) is 13.0 Å². The van der Waals surface area contributed by atoms with Gasteiger partial charge in [-0.25, -0.2) is 4.79 Å². The van der Waals surface area contributed by atoms with Gasteiger partial charge in [0.1, 0.15) is 5.69 Å². The van der Waals surface area contributed by atoms with Gasteiger partial charge in [0.15, 0.2) is 5.78 Å². The molecule has 0 saturated heterocycles. The number of methoxy groups -OCH3 is 1. The molecule has 0 spiro atoms. The SMILES string of the molecule is CCCN(C(=O)C1CCCCC1)C(C)C(=O)c1c(C)c(C(=O)OC)n(C)c1C.